The van der Waals surface area contributed by atoms with Gasteiger partial charge >= 0.3 is 0 Å². The molecule has 27 heavy (non-hydrogen) atoms. The van der Waals surface area contributed by atoms with E-state index in [0.717, 1.165) is 12.0 Å². The maximum absolute atomic E-state index is 13.1. The zero-order valence-corrected chi connectivity index (χ0v) is 15.3. The van der Waals surface area contributed by atoms with Gasteiger partial charge in [-0.15, -0.1) is 0 Å². The van der Waals surface area contributed by atoms with Crippen molar-refractivity contribution in [3.05, 3.63) is 47.1 Å². The van der Waals surface area contributed by atoms with Gasteiger partial charge in [-0.3, -0.25) is 14.6 Å². The number of carbonyl (C=O) groups is 2. The second-order valence-electron chi connectivity index (χ2n) is 7.03. The normalized spacial score (nSPS) is 24.1. The van der Waals surface area contributed by atoms with Gasteiger partial charge in [-0.1, -0.05) is 11.2 Å². The number of pyridine rings is 1. The van der Waals surface area contributed by atoms with Crippen LogP contribution in [0.15, 0.2) is 29.0 Å². The van der Waals surface area contributed by atoms with E-state index in [4.69, 9.17) is 9.26 Å². The van der Waals surface area contributed by atoms with Gasteiger partial charge in [-0.25, -0.2) is 0 Å². The van der Waals surface area contributed by atoms with E-state index in [1.54, 1.807) is 31.1 Å². The molecule has 0 radical (unpaired) electrons. The molecule has 2 aliphatic rings. The molecule has 2 fully saturated rings. The minimum absolute atomic E-state index is 0.0969. The molecule has 3 atom stereocenters. The SMILES string of the molecule is Cc1noc(C)c1C(=O)N1CC(C(=O)NCc2cccnc2)C2OCCC21. The first kappa shape index (κ1) is 17.7. The summed E-state index contributed by atoms with van der Waals surface area (Å²) in [6.07, 6.45) is 3.86. The van der Waals surface area contributed by atoms with Gasteiger partial charge in [-0.2, -0.15) is 0 Å². The Morgan fingerprint density at radius 3 is 2.93 bits per heavy atom. The van der Waals surface area contributed by atoms with Crippen LogP contribution in [-0.2, 0) is 16.1 Å². The summed E-state index contributed by atoms with van der Waals surface area (Å²) in [5.41, 5.74) is 1.98. The third-order valence-corrected chi connectivity index (χ3v) is 5.33. The molecule has 3 unspecified atom stereocenters. The van der Waals surface area contributed by atoms with Crippen LogP contribution in [0.4, 0.5) is 0 Å². The molecule has 2 aliphatic heterocycles. The monoisotopic (exact) mass is 370 g/mol. The Balaban J connectivity index is 1.49. The predicted molar refractivity (Wildman–Crippen MR) is 94.7 cm³/mol. The average molecular weight is 370 g/mol. The lowest BCUT2D eigenvalue weighted by Gasteiger charge is -2.22. The first-order chi connectivity index (χ1) is 13.1. The fourth-order valence-corrected chi connectivity index (χ4v) is 3.99. The average Bonchev–Trinajstić information content (AvgIpc) is 3.36. The summed E-state index contributed by atoms with van der Waals surface area (Å²) >= 11 is 0. The van der Waals surface area contributed by atoms with Crippen molar-refractivity contribution in [1.29, 1.82) is 0 Å². The van der Waals surface area contributed by atoms with Gasteiger partial charge < -0.3 is 19.5 Å². The van der Waals surface area contributed by atoms with Crippen LogP contribution >= 0.6 is 0 Å². The van der Waals surface area contributed by atoms with Crippen LogP contribution < -0.4 is 5.32 Å². The number of nitrogens with zero attached hydrogens (tertiary/aromatic N) is 3. The van der Waals surface area contributed by atoms with E-state index in [1.807, 2.05) is 12.1 Å². The highest BCUT2D eigenvalue weighted by Crippen LogP contribution is 2.35. The second-order valence-corrected chi connectivity index (χ2v) is 7.03. The molecule has 0 bridgehead atoms. The van der Waals surface area contributed by atoms with Crippen molar-refractivity contribution in [2.24, 2.45) is 5.92 Å². The van der Waals surface area contributed by atoms with Gasteiger partial charge in [-0.05, 0) is 31.9 Å². The Morgan fingerprint density at radius 2 is 2.22 bits per heavy atom. The number of aromatic nitrogens is 2. The smallest absolute Gasteiger partial charge is 0.259 e. The Morgan fingerprint density at radius 1 is 1.37 bits per heavy atom. The number of carbonyl (C=O) groups excluding carboxylic acids is 2. The molecular formula is C19H22N4O4. The van der Waals surface area contributed by atoms with Crippen LogP contribution in [0.2, 0.25) is 0 Å². The number of ether oxygens (including phenoxy) is 1. The highest BCUT2D eigenvalue weighted by Gasteiger charge is 2.51. The van der Waals surface area contributed by atoms with Crippen molar-refractivity contribution in [1.82, 2.24) is 20.4 Å². The molecule has 4 rings (SSSR count). The molecule has 8 nitrogen and oxygen atoms in total. The van der Waals surface area contributed by atoms with Gasteiger partial charge in [0.25, 0.3) is 5.91 Å². The summed E-state index contributed by atoms with van der Waals surface area (Å²) in [6.45, 7) is 4.76. The van der Waals surface area contributed by atoms with Gasteiger partial charge in [0.15, 0.2) is 0 Å². The Kier molecular flexibility index (Phi) is 4.65. The number of hydrogen-bond acceptors (Lipinski definition) is 6. The van der Waals surface area contributed by atoms with E-state index in [0.29, 0.717) is 36.7 Å². The molecule has 0 spiro atoms. The maximum atomic E-state index is 13.1. The zero-order chi connectivity index (χ0) is 19.0. The zero-order valence-electron chi connectivity index (χ0n) is 15.3. The highest BCUT2D eigenvalue weighted by molar-refractivity contribution is 5.97. The lowest BCUT2D eigenvalue weighted by atomic mass is 10.0. The molecule has 2 saturated heterocycles. The van der Waals surface area contributed by atoms with Gasteiger partial charge in [0, 0.05) is 32.1 Å². The fraction of sp³-hybridized carbons (Fsp3) is 0.474. The number of amides is 2. The maximum Gasteiger partial charge on any atom is 0.259 e. The largest absolute Gasteiger partial charge is 0.375 e. The summed E-state index contributed by atoms with van der Waals surface area (Å²) in [7, 11) is 0. The number of fused-ring (bicyclic) bond motifs is 1. The molecule has 8 heteroatoms. The molecule has 1 N–H and O–H groups in total. The molecule has 2 amide bonds. The summed E-state index contributed by atoms with van der Waals surface area (Å²) in [5.74, 6) is -0.143. The van der Waals surface area contributed by atoms with E-state index in [1.165, 1.54) is 0 Å². The molecule has 0 saturated carbocycles. The standard InChI is InChI=1S/C19H22N4O4/c1-11-16(12(2)27-22-11)19(25)23-10-14(17-15(23)5-7-26-17)18(24)21-9-13-4-3-6-20-8-13/h3-4,6,8,14-15,17H,5,7,9-10H2,1-2H3,(H,21,24). The van der Waals surface area contributed by atoms with Crippen LogP contribution in [0.5, 0.6) is 0 Å². The Labute approximate surface area is 156 Å². The van der Waals surface area contributed by atoms with Gasteiger partial charge in [0.1, 0.15) is 11.3 Å². The van der Waals surface area contributed by atoms with Crippen LogP contribution in [0, 0.1) is 19.8 Å². The Bertz CT molecular complexity index is 831. The number of nitrogens with one attached hydrogen (secondary N) is 1. The number of aryl methyl sites for hydroxylation is 2. The lowest BCUT2D eigenvalue weighted by molar-refractivity contribution is -0.127. The summed E-state index contributed by atoms with van der Waals surface area (Å²) in [5, 5.41) is 6.82. The van der Waals surface area contributed by atoms with Crippen molar-refractivity contribution in [3.8, 4) is 0 Å². The topological polar surface area (TPSA) is 97.6 Å². The third kappa shape index (κ3) is 3.21. The first-order valence-electron chi connectivity index (χ1n) is 9.08. The van der Waals surface area contributed by atoms with Gasteiger partial charge in [0.2, 0.25) is 5.91 Å². The molecule has 2 aromatic rings. The minimum atomic E-state index is -0.390. The summed E-state index contributed by atoms with van der Waals surface area (Å²) < 4.78 is 11.0. The van der Waals surface area contributed by atoms with Crippen molar-refractivity contribution >= 4 is 11.8 Å². The van der Waals surface area contributed by atoms with Crippen LogP contribution in [0.3, 0.4) is 0 Å². The molecule has 2 aromatic heterocycles. The van der Waals surface area contributed by atoms with Gasteiger partial charge in [0.05, 0.1) is 23.8 Å². The van der Waals surface area contributed by atoms with E-state index in [-0.39, 0.29) is 24.0 Å². The molecular weight excluding hydrogens is 348 g/mol. The molecule has 0 aromatic carbocycles. The predicted octanol–water partition coefficient (Wildman–Crippen LogP) is 1.23. The van der Waals surface area contributed by atoms with Crippen molar-refractivity contribution < 1.29 is 18.8 Å². The second kappa shape index (κ2) is 7.11. The van der Waals surface area contributed by atoms with Crippen LogP contribution in [-0.4, -0.2) is 52.2 Å². The molecule has 142 valence electrons. The third-order valence-electron chi connectivity index (χ3n) is 5.33. The number of hydrogen-bond donors (Lipinski definition) is 1. The van der Waals surface area contributed by atoms with E-state index >= 15 is 0 Å². The van der Waals surface area contributed by atoms with Crippen molar-refractivity contribution in [2.75, 3.05) is 13.2 Å². The Hall–Kier alpha value is -2.74. The van der Waals surface area contributed by atoms with Crippen molar-refractivity contribution in [3.63, 3.8) is 0 Å². The summed E-state index contributed by atoms with van der Waals surface area (Å²) in [6, 6.07) is 3.64. The van der Waals surface area contributed by atoms with Crippen LogP contribution in [0.25, 0.3) is 0 Å². The first-order valence-corrected chi connectivity index (χ1v) is 9.08. The highest BCUT2D eigenvalue weighted by atomic mass is 16.5. The summed E-state index contributed by atoms with van der Waals surface area (Å²) in [4.78, 5) is 31.6. The minimum Gasteiger partial charge on any atom is -0.375 e. The van der Waals surface area contributed by atoms with E-state index in [2.05, 4.69) is 15.5 Å². The number of rotatable bonds is 4. The van der Waals surface area contributed by atoms with E-state index < -0.39 is 5.92 Å². The quantitative estimate of drug-likeness (QED) is 0.869. The van der Waals surface area contributed by atoms with Crippen LogP contribution in [0.1, 0.15) is 33.8 Å². The molecule has 0 aliphatic carbocycles. The number of likely N-dealkylation sites (tertiary alicyclic amines) is 1. The lowest BCUT2D eigenvalue weighted by Crippen LogP contribution is -2.37. The fourth-order valence-electron chi connectivity index (χ4n) is 3.99. The van der Waals surface area contributed by atoms with Crippen molar-refractivity contribution in [2.45, 2.75) is 39.0 Å². The molecule has 4 heterocycles. The van der Waals surface area contributed by atoms with E-state index in [9.17, 15) is 9.59 Å².